The lowest BCUT2D eigenvalue weighted by Gasteiger charge is -2.27. The Morgan fingerprint density at radius 1 is 1.17 bits per heavy atom. The summed E-state index contributed by atoms with van der Waals surface area (Å²) in [4.78, 5) is 0.386. The molecule has 100 valence electrons. The zero-order valence-electron chi connectivity index (χ0n) is 11.3. The Bertz CT molecular complexity index is 570. The first-order chi connectivity index (χ1) is 8.24. The van der Waals surface area contributed by atoms with Crippen LogP contribution in [0.4, 0.5) is 0 Å². The Hall–Kier alpha value is -0.870. The molecule has 1 aromatic carbocycles. The minimum atomic E-state index is -3.18. The van der Waals surface area contributed by atoms with Gasteiger partial charge in [0.15, 0.2) is 9.84 Å². The summed E-state index contributed by atoms with van der Waals surface area (Å²) in [6.45, 7) is 3.98. The highest BCUT2D eigenvalue weighted by Crippen LogP contribution is 2.39. The van der Waals surface area contributed by atoms with Crippen LogP contribution >= 0.6 is 0 Å². The van der Waals surface area contributed by atoms with Crippen LogP contribution in [-0.2, 0) is 15.4 Å². The number of hydrogen-bond acceptors (Lipinski definition) is 3. The molecule has 1 aromatic rings. The molecule has 2 rings (SSSR count). The van der Waals surface area contributed by atoms with Gasteiger partial charge < -0.3 is 5.73 Å². The summed E-state index contributed by atoms with van der Waals surface area (Å²) in [5.41, 5.74) is 9.28. The van der Waals surface area contributed by atoms with Crippen LogP contribution in [0.15, 0.2) is 17.0 Å². The van der Waals surface area contributed by atoms with E-state index in [-0.39, 0.29) is 5.54 Å². The maximum absolute atomic E-state index is 11.7. The van der Waals surface area contributed by atoms with Crippen molar-refractivity contribution in [3.05, 3.63) is 28.8 Å². The number of aryl methyl sites for hydroxylation is 1. The molecule has 0 amide bonds. The van der Waals surface area contributed by atoms with Crippen LogP contribution in [0.1, 0.15) is 42.4 Å². The van der Waals surface area contributed by atoms with Gasteiger partial charge in [-0.1, -0.05) is 12.8 Å². The van der Waals surface area contributed by atoms with E-state index >= 15 is 0 Å². The van der Waals surface area contributed by atoms with Crippen molar-refractivity contribution < 1.29 is 8.42 Å². The van der Waals surface area contributed by atoms with Crippen LogP contribution in [0.5, 0.6) is 0 Å². The average Bonchev–Trinajstić information content (AvgIpc) is 2.68. The Labute approximate surface area is 109 Å². The third-order valence-electron chi connectivity index (χ3n) is 4.10. The second kappa shape index (κ2) is 4.35. The molecule has 0 saturated heterocycles. The van der Waals surface area contributed by atoms with Crippen LogP contribution < -0.4 is 5.73 Å². The minimum absolute atomic E-state index is 0.338. The summed E-state index contributed by atoms with van der Waals surface area (Å²) in [5.74, 6) is 0. The highest BCUT2D eigenvalue weighted by atomic mass is 32.2. The molecular formula is C14H21NO2S. The highest BCUT2D eigenvalue weighted by Gasteiger charge is 2.33. The molecule has 1 fully saturated rings. The van der Waals surface area contributed by atoms with Crippen molar-refractivity contribution in [1.82, 2.24) is 0 Å². The number of hydrogen-bond donors (Lipinski definition) is 1. The van der Waals surface area contributed by atoms with Gasteiger partial charge in [0.25, 0.3) is 0 Å². The number of benzene rings is 1. The topological polar surface area (TPSA) is 60.2 Å². The molecule has 4 heteroatoms. The predicted octanol–water partition coefficient (Wildman–Crippen LogP) is 2.43. The summed E-state index contributed by atoms with van der Waals surface area (Å²) in [7, 11) is -3.18. The second-order valence-corrected chi connectivity index (χ2v) is 7.56. The Balaban J connectivity index is 2.63. The number of rotatable bonds is 2. The number of nitrogens with two attached hydrogens (primary N) is 1. The van der Waals surface area contributed by atoms with Gasteiger partial charge in [-0.25, -0.2) is 8.42 Å². The van der Waals surface area contributed by atoms with Gasteiger partial charge in [0.2, 0.25) is 0 Å². The van der Waals surface area contributed by atoms with Gasteiger partial charge in [-0.05, 0) is 55.5 Å². The van der Waals surface area contributed by atoms with Crippen molar-refractivity contribution >= 4 is 9.84 Å². The fraction of sp³-hybridized carbons (Fsp3) is 0.571. The normalized spacial score (nSPS) is 19.1. The van der Waals surface area contributed by atoms with Crippen molar-refractivity contribution in [3.8, 4) is 0 Å². The van der Waals surface area contributed by atoms with Crippen molar-refractivity contribution in [2.45, 2.75) is 50.0 Å². The fourth-order valence-electron chi connectivity index (χ4n) is 2.83. The van der Waals surface area contributed by atoms with E-state index in [1.54, 1.807) is 12.1 Å². The quantitative estimate of drug-likeness (QED) is 0.895. The molecule has 3 nitrogen and oxygen atoms in total. The molecule has 1 saturated carbocycles. The lowest BCUT2D eigenvalue weighted by molar-refractivity contribution is 0.457. The van der Waals surface area contributed by atoms with E-state index < -0.39 is 9.84 Å². The van der Waals surface area contributed by atoms with Crippen LogP contribution in [0, 0.1) is 13.8 Å². The SMILES string of the molecule is Cc1cc(S(C)(=O)=O)cc(C2(N)CCCC2)c1C. The zero-order valence-corrected chi connectivity index (χ0v) is 12.1. The molecule has 0 spiro atoms. The third kappa shape index (κ3) is 2.31. The van der Waals surface area contributed by atoms with E-state index in [9.17, 15) is 8.42 Å². The Morgan fingerprint density at radius 3 is 2.22 bits per heavy atom. The first kappa shape index (κ1) is 13.6. The standard InChI is InChI=1S/C14H21NO2S/c1-10-8-12(18(3,16)17)9-13(11(10)2)14(15)6-4-5-7-14/h8-9H,4-7,15H2,1-3H3. The molecule has 0 aliphatic heterocycles. The van der Waals surface area contributed by atoms with E-state index in [2.05, 4.69) is 0 Å². The summed E-state index contributed by atoms with van der Waals surface area (Å²) < 4.78 is 23.5. The largest absolute Gasteiger partial charge is 0.321 e. The van der Waals surface area contributed by atoms with Crippen LogP contribution in [0.3, 0.4) is 0 Å². The molecule has 0 aromatic heterocycles. The lowest BCUT2D eigenvalue weighted by Crippen LogP contribution is -2.34. The zero-order chi connectivity index (χ0) is 13.6. The van der Waals surface area contributed by atoms with Crippen molar-refractivity contribution in [1.29, 1.82) is 0 Å². The van der Waals surface area contributed by atoms with E-state index in [0.717, 1.165) is 42.4 Å². The molecule has 0 radical (unpaired) electrons. The molecule has 0 heterocycles. The van der Waals surface area contributed by atoms with Crippen LogP contribution in [-0.4, -0.2) is 14.7 Å². The van der Waals surface area contributed by atoms with E-state index in [0.29, 0.717) is 4.90 Å². The summed E-state index contributed by atoms with van der Waals surface area (Å²) >= 11 is 0. The molecule has 1 aliphatic rings. The highest BCUT2D eigenvalue weighted by molar-refractivity contribution is 7.90. The molecular weight excluding hydrogens is 246 g/mol. The lowest BCUT2D eigenvalue weighted by atomic mass is 9.85. The average molecular weight is 267 g/mol. The molecule has 18 heavy (non-hydrogen) atoms. The minimum Gasteiger partial charge on any atom is -0.321 e. The monoisotopic (exact) mass is 267 g/mol. The predicted molar refractivity (Wildman–Crippen MR) is 73.4 cm³/mol. The van der Waals surface area contributed by atoms with E-state index in [1.165, 1.54) is 6.26 Å². The van der Waals surface area contributed by atoms with Crippen LogP contribution in [0.25, 0.3) is 0 Å². The van der Waals surface area contributed by atoms with Gasteiger partial charge in [-0.15, -0.1) is 0 Å². The molecule has 1 aliphatic carbocycles. The van der Waals surface area contributed by atoms with Crippen molar-refractivity contribution in [3.63, 3.8) is 0 Å². The summed E-state index contributed by atoms with van der Waals surface area (Å²) in [5, 5.41) is 0. The van der Waals surface area contributed by atoms with Crippen LogP contribution in [0.2, 0.25) is 0 Å². The second-order valence-electron chi connectivity index (χ2n) is 5.55. The van der Waals surface area contributed by atoms with Gasteiger partial charge >= 0.3 is 0 Å². The Morgan fingerprint density at radius 2 is 1.72 bits per heavy atom. The molecule has 0 unspecified atom stereocenters. The molecule has 0 atom stereocenters. The molecule has 2 N–H and O–H groups in total. The smallest absolute Gasteiger partial charge is 0.175 e. The summed E-state index contributed by atoms with van der Waals surface area (Å²) in [6, 6.07) is 3.52. The Kier molecular flexibility index (Phi) is 3.28. The van der Waals surface area contributed by atoms with Gasteiger partial charge in [0.05, 0.1) is 4.90 Å². The van der Waals surface area contributed by atoms with E-state index in [4.69, 9.17) is 5.73 Å². The third-order valence-corrected chi connectivity index (χ3v) is 5.19. The first-order valence-corrected chi connectivity index (χ1v) is 8.24. The molecule has 0 bridgehead atoms. The van der Waals surface area contributed by atoms with Crippen molar-refractivity contribution in [2.24, 2.45) is 5.73 Å². The van der Waals surface area contributed by atoms with Gasteiger partial charge in [0, 0.05) is 11.8 Å². The van der Waals surface area contributed by atoms with Crippen molar-refractivity contribution in [2.75, 3.05) is 6.26 Å². The first-order valence-electron chi connectivity index (χ1n) is 6.35. The van der Waals surface area contributed by atoms with Gasteiger partial charge in [-0.2, -0.15) is 0 Å². The maximum Gasteiger partial charge on any atom is 0.175 e. The number of sulfone groups is 1. The summed E-state index contributed by atoms with van der Waals surface area (Å²) in [6.07, 6.45) is 5.38. The van der Waals surface area contributed by atoms with E-state index in [1.807, 2.05) is 13.8 Å². The fourth-order valence-corrected chi connectivity index (χ4v) is 3.56. The van der Waals surface area contributed by atoms with Gasteiger partial charge in [-0.3, -0.25) is 0 Å². The maximum atomic E-state index is 11.7. The van der Waals surface area contributed by atoms with Gasteiger partial charge in [0.1, 0.15) is 0 Å².